The van der Waals surface area contributed by atoms with E-state index in [2.05, 4.69) is 135 Å². The Labute approximate surface area is 505 Å². The normalized spacial score (nSPS) is 14.0. The third-order valence-electron chi connectivity index (χ3n) is 14.0. The maximum absolute atomic E-state index is 12.8. The summed E-state index contributed by atoms with van der Waals surface area (Å²) < 4.78 is 34.3. The van der Waals surface area contributed by atoms with E-state index in [-0.39, 0.29) is 32.0 Å². The highest BCUT2D eigenvalue weighted by atomic mass is 31.2. The van der Waals surface area contributed by atoms with Gasteiger partial charge in [0.2, 0.25) is 0 Å². The molecular weight excluding hydrogens is 1040 g/mol. The smallest absolute Gasteiger partial charge is 0.306 e. The number of carbonyl (C=O) groups excluding carboxylic acids is 2. The summed E-state index contributed by atoms with van der Waals surface area (Å²) in [5.74, 6) is -0.849. The zero-order valence-corrected chi connectivity index (χ0v) is 54.3. The lowest BCUT2D eigenvalue weighted by Gasteiger charge is -2.28. The molecule has 0 N–H and O–H groups in total. The molecule has 82 heavy (non-hydrogen) atoms. The summed E-state index contributed by atoms with van der Waals surface area (Å²) in [6.07, 6.45) is 88.4. The molecule has 0 aromatic carbocycles. The first-order valence-electron chi connectivity index (χ1n) is 33.2. The molecule has 2 unspecified atom stereocenters. The number of phosphoric acid groups is 1. The molecule has 0 heterocycles. The van der Waals surface area contributed by atoms with Gasteiger partial charge >= 0.3 is 11.9 Å². The van der Waals surface area contributed by atoms with Crippen LogP contribution in [0.2, 0.25) is 0 Å². The van der Waals surface area contributed by atoms with E-state index in [1.54, 1.807) is 0 Å². The first-order chi connectivity index (χ1) is 40.0. The van der Waals surface area contributed by atoms with Gasteiger partial charge in [-0.15, -0.1) is 0 Å². The quantitative estimate of drug-likeness (QED) is 0.0195. The van der Waals surface area contributed by atoms with E-state index in [1.165, 1.54) is 116 Å². The number of quaternary nitrogens is 1. The third kappa shape index (κ3) is 65.6. The number of esters is 2. The van der Waals surface area contributed by atoms with Crippen LogP contribution in [0.3, 0.4) is 0 Å². The highest BCUT2D eigenvalue weighted by molar-refractivity contribution is 7.45. The summed E-state index contributed by atoms with van der Waals surface area (Å²) in [6, 6.07) is 0. The molecule has 0 amide bonds. The van der Waals surface area contributed by atoms with E-state index in [0.717, 1.165) is 122 Å². The molecule has 0 radical (unpaired) electrons. The molecule has 470 valence electrons. The van der Waals surface area contributed by atoms with Gasteiger partial charge < -0.3 is 27.9 Å². The second-order valence-corrected chi connectivity index (χ2v) is 24.5. The fourth-order valence-electron chi connectivity index (χ4n) is 8.95. The Balaban J connectivity index is 4.08. The second-order valence-electron chi connectivity index (χ2n) is 23.1. The molecule has 0 saturated heterocycles. The van der Waals surface area contributed by atoms with E-state index in [0.29, 0.717) is 17.4 Å². The van der Waals surface area contributed by atoms with Crippen molar-refractivity contribution in [1.82, 2.24) is 0 Å². The van der Waals surface area contributed by atoms with E-state index < -0.39 is 26.5 Å². The number of rotatable bonds is 60. The summed E-state index contributed by atoms with van der Waals surface area (Å²) in [5.41, 5.74) is 0. The molecule has 0 aromatic rings. The predicted octanol–water partition coefficient (Wildman–Crippen LogP) is 20.9. The van der Waals surface area contributed by atoms with E-state index in [1.807, 2.05) is 21.1 Å². The SMILES string of the molecule is CC/C=C\C/C=C\C/C=C\C/C=C\C/C=C\C/C=C\CCCCCCCCC(=O)OC(COC(=O)CCCCCCCCCCCCCCCCCCCCCC/C=C\C/C=C\C/C=C\C/C=C\CC)COP(=O)([O-])OCC[N+](C)(C)C. The minimum absolute atomic E-state index is 0.0387. The number of hydrogen-bond donors (Lipinski definition) is 0. The molecule has 0 spiro atoms. The van der Waals surface area contributed by atoms with Crippen molar-refractivity contribution < 1.29 is 42.1 Å². The zero-order chi connectivity index (χ0) is 59.8. The van der Waals surface area contributed by atoms with Crippen molar-refractivity contribution in [1.29, 1.82) is 0 Å². The van der Waals surface area contributed by atoms with Crippen LogP contribution in [-0.4, -0.2) is 70.0 Å². The molecule has 0 fully saturated rings. The molecule has 0 bridgehead atoms. The van der Waals surface area contributed by atoms with Gasteiger partial charge in [0.05, 0.1) is 27.7 Å². The third-order valence-corrected chi connectivity index (χ3v) is 14.9. The zero-order valence-electron chi connectivity index (χ0n) is 53.4. The standard InChI is InChI=1S/C72H124NO8P/c1-6-8-10-12-14-16-18-20-22-24-26-28-30-32-33-34-35-36-37-38-39-41-42-44-46-48-50-52-54-56-58-60-62-64-71(74)78-68-70(69-80-82(76,77)79-67-66-73(3,4)5)81-72(75)65-63-61-59-57-55-53-51-49-47-45-43-40-31-29-27-25-23-21-19-17-15-13-11-9-7-2/h8-11,14-17,20-23,26-29,40,43,47,49,70H,6-7,12-13,18-19,24-25,30-39,41-42,44-46,48,50-69H2,1-5H3/b10-8-,11-9-,16-14-,17-15-,22-20-,23-21-,28-26-,29-27-,43-40-,49-47-. The lowest BCUT2D eigenvalue weighted by Crippen LogP contribution is -2.37. The molecule has 0 rings (SSSR count). The van der Waals surface area contributed by atoms with Gasteiger partial charge in [-0.05, 0) is 103 Å². The van der Waals surface area contributed by atoms with Crippen molar-refractivity contribution in [2.45, 2.75) is 277 Å². The van der Waals surface area contributed by atoms with Crippen LogP contribution >= 0.6 is 7.82 Å². The van der Waals surface area contributed by atoms with Crippen molar-refractivity contribution >= 4 is 19.8 Å². The second kappa shape index (κ2) is 62.0. The van der Waals surface area contributed by atoms with Crippen LogP contribution in [0.5, 0.6) is 0 Å². The fraction of sp³-hybridized carbons (Fsp3) is 0.694. The highest BCUT2D eigenvalue weighted by Gasteiger charge is 2.22. The summed E-state index contributed by atoms with van der Waals surface area (Å²) in [4.78, 5) is 38.0. The topological polar surface area (TPSA) is 111 Å². The van der Waals surface area contributed by atoms with Crippen molar-refractivity contribution in [2.24, 2.45) is 0 Å². The van der Waals surface area contributed by atoms with E-state index in [9.17, 15) is 19.0 Å². The maximum atomic E-state index is 12.8. The molecule has 0 aliphatic rings. The molecule has 9 nitrogen and oxygen atoms in total. The van der Waals surface area contributed by atoms with Crippen molar-refractivity contribution in [2.75, 3.05) is 47.5 Å². The number of phosphoric ester groups is 1. The van der Waals surface area contributed by atoms with Gasteiger partial charge in [-0.1, -0.05) is 277 Å². The monoisotopic (exact) mass is 1160 g/mol. The Morgan fingerprint density at radius 2 is 0.659 bits per heavy atom. The lowest BCUT2D eigenvalue weighted by atomic mass is 10.0. The molecule has 0 saturated carbocycles. The average molecular weight is 1160 g/mol. The number of ether oxygens (including phenoxy) is 2. The Hall–Kier alpha value is -3.59. The van der Waals surface area contributed by atoms with Gasteiger partial charge in [0.25, 0.3) is 7.82 Å². The average Bonchev–Trinajstić information content (AvgIpc) is 3.46. The number of unbranched alkanes of at least 4 members (excludes halogenated alkanes) is 26. The fourth-order valence-corrected chi connectivity index (χ4v) is 9.68. The van der Waals surface area contributed by atoms with Crippen LogP contribution in [0.1, 0.15) is 271 Å². The van der Waals surface area contributed by atoms with Crippen LogP contribution in [-0.2, 0) is 32.7 Å². The van der Waals surface area contributed by atoms with Crippen LogP contribution in [0, 0.1) is 0 Å². The Bertz CT molecular complexity index is 1800. The molecule has 0 aromatic heterocycles. The summed E-state index contributed by atoms with van der Waals surface area (Å²) in [7, 11) is 1.15. The van der Waals surface area contributed by atoms with Crippen LogP contribution in [0.4, 0.5) is 0 Å². The predicted molar refractivity (Wildman–Crippen MR) is 351 cm³/mol. The first-order valence-corrected chi connectivity index (χ1v) is 34.7. The summed E-state index contributed by atoms with van der Waals surface area (Å²) in [5, 5.41) is 0. The van der Waals surface area contributed by atoms with Crippen LogP contribution in [0.25, 0.3) is 0 Å². The van der Waals surface area contributed by atoms with Crippen molar-refractivity contribution in [3.05, 3.63) is 122 Å². The van der Waals surface area contributed by atoms with E-state index >= 15 is 0 Å². The Morgan fingerprint density at radius 1 is 0.378 bits per heavy atom. The van der Waals surface area contributed by atoms with Gasteiger partial charge in [0.15, 0.2) is 6.10 Å². The number of allylic oxidation sites excluding steroid dienone is 20. The largest absolute Gasteiger partial charge is 0.756 e. The number of likely N-dealkylation sites (N-methyl/N-ethyl adjacent to an activating group) is 1. The van der Waals surface area contributed by atoms with Crippen LogP contribution < -0.4 is 4.89 Å². The summed E-state index contributed by atoms with van der Waals surface area (Å²) in [6.45, 7) is 4.01. The molecule has 10 heteroatoms. The lowest BCUT2D eigenvalue weighted by molar-refractivity contribution is -0.870. The Kier molecular flexibility index (Phi) is 59.2. The first kappa shape index (κ1) is 78.4. The molecule has 2 atom stereocenters. The molecule has 0 aliphatic heterocycles. The van der Waals surface area contributed by atoms with Gasteiger partial charge in [0, 0.05) is 12.8 Å². The van der Waals surface area contributed by atoms with Gasteiger partial charge in [0.1, 0.15) is 19.8 Å². The highest BCUT2D eigenvalue weighted by Crippen LogP contribution is 2.38. The summed E-state index contributed by atoms with van der Waals surface area (Å²) >= 11 is 0. The molecular formula is C72H124NO8P. The molecule has 0 aliphatic carbocycles. The van der Waals surface area contributed by atoms with E-state index in [4.69, 9.17) is 18.5 Å². The number of nitrogens with zero attached hydrogens (tertiary/aromatic N) is 1. The number of carbonyl (C=O) groups is 2. The maximum Gasteiger partial charge on any atom is 0.306 e. The Morgan fingerprint density at radius 3 is 0.976 bits per heavy atom. The number of hydrogen-bond acceptors (Lipinski definition) is 8. The van der Waals surface area contributed by atoms with Gasteiger partial charge in [-0.25, -0.2) is 0 Å². The van der Waals surface area contributed by atoms with Gasteiger partial charge in [-0.3, -0.25) is 14.2 Å². The van der Waals surface area contributed by atoms with Crippen molar-refractivity contribution in [3.8, 4) is 0 Å². The van der Waals surface area contributed by atoms with Crippen LogP contribution in [0.15, 0.2) is 122 Å². The minimum Gasteiger partial charge on any atom is -0.756 e. The van der Waals surface area contributed by atoms with Gasteiger partial charge in [-0.2, -0.15) is 0 Å². The minimum atomic E-state index is -4.65. The van der Waals surface area contributed by atoms with Crippen molar-refractivity contribution in [3.63, 3.8) is 0 Å².